The second kappa shape index (κ2) is 11.6. The average Bonchev–Trinajstić information content (AvgIpc) is 3.00. The van der Waals surface area contributed by atoms with Crippen LogP contribution in [0.1, 0.15) is 50.8 Å². The fraction of sp³-hybridized carbons (Fsp3) is 0.611. The van der Waals surface area contributed by atoms with E-state index < -0.39 is 0 Å². The Labute approximate surface area is 165 Å². The number of amides is 1. The van der Waals surface area contributed by atoms with E-state index in [1.807, 2.05) is 0 Å². The molecule has 9 heteroatoms. The van der Waals surface area contributed by atoms with Crippen LogP contribution in [0.5, 0.6) is 0 Å². The number of carbonyl (C=O) groups excluding carboxylic acids is 1. The van der Waals surface area contributed by atoms with E-state index in [9.17, 15) is 4.79 Å². The van der Waals surface area contributed by atoms with Crippen LogP contribution < -0.4 is 10.6 Å². The van der Waals surface area contributed by atoms with E-state index in [0.717, 1.165) is 6.54 Å². The number of hydrogen-bond donors (Lipinski definition) is 2. The zero-order valence-corrected chi connectivity index (χ0v) is 16.2. The number of nitrogens with one attached hydrogen (secondary N) is 2. The molecule has 148 valence electrons. The lowest BCUT2D eigenvalue weighted by molar-refractivity contribution is -0.121. The Morgan fingerprint density at radius 1 is 1.07 bits per heavy atom. The maximum absolute atomic E-state index is 11.9. The topological polar surface area (TPSA) is 106 Å². The molecule has 8 nitrogen and oxygen atoms in total. The number of hydrogen-bond acceptors (Lipinski definition) is 7. The van der Waals surface area contributed by atoms with E-state index >= 15 is 0 Å². The molecule has 0 spiro atoms. The predicted octanol–water partition coefficient (Wildman–Crippen LogP) is 2.31. The van der Waals surface area contributed by atoms with Gasteiger partial charge >= 0.3 is 0 Å². The van der Waals surface area contributed by atoms with E-state index in [-0.39, 0.29) is 18.3 Å². The van der Waals surface area contributed by atoms with Gasteiger partial charge in [0.05, 0.1) is 0 Å². The zero-order valence-electron chi connectivity index (χ0n) is 15.4. The molecule has 2 N–H and O–H groups in total. The van der Waals surface area contributed by atoms with Gasteiger partial charge in [0.15, 0.2) is 0 Å². The van der Waals surface area contributed by atoms with E-state index in [0.29, 0.717) is 43.0 Å². The van der Waals surface area contributed by atoms with Crippen LogP contribution >= 0.6 is 12.4 Å². The maximum Gasteiger partial charge on any atom is 0.240 e. The molecule has 1 aliphatic carbocycles. The molecular weight excluding hydrogens is 368 g/mol. The number of rotatable bonds is 8. The molecule has 2 aromatic heterocycles. The molecule has 0 atom stereocenters. The minimum atomic E-state index is -0.0108. The standard InChI is InChI=1S/C18H26N6O2.ClH/c25-15(20-13-12-19-14-6-3-1-2-4-7-14)8-9-16-23-18(24-26-16)17-21-10-5-11-22-17;/h5,10-11,14,19H,1-4,6-9,12-13H2,(H,20,25);1H. The smallest absolute Gasteiger partial charge is 0.240 e. The summed E-state index contributed by atoms with van der Waals surface area (Å²) in [4.78, 5) is 24.3. The Morgan fingerprint density at radius 2 is 1.81 bits per heavy atom. The fourth-order valence-corrected chi connectivity index (χ4v) is 3.13. The van der Waals surface area contributed by atoms with Crippen molar-refractivity contribution in [1.29, 1.82) is 0 Å². The Morgan fingerprint density at radius 3 is 2.56 bits per heavy atom. The Kier molecular flexibility index (Phi) is 9.13. The Balaban J connectivity index is 0.00000261. The summed E-state index contributed by atoms with van der Waals surface area (Å²) in [7, 11) is 0. The molecule has 1 saturated carbocycles. The summed E-state index contributed by atoms with van der Waals surface area (Å²) in [5.41, 5.74) is 0. The molecule has 2 aromatic rings. The summed E-state index contributed by atoms with van der Waals surface area (Å²) in [5, 5.41) is 10.3. The molecule has 2 heterocycles. The number of aromatic nitrogens is 4. The van der Waals surface area contributed by atoms with E-state index in [2.05, 4.69) is 30.7 Å². The highest BCUT2D eigenvalue weighted by Crippen LogP contribution is 2.16. The average molecular weight is 395 g/mol. The van der Waals surface area contributed by atoms with Crippen LogP contribution in [0.4, 0.5) is 0 Å². The summed E-state index contributed by atoms with van der Waals surface area (Å²) in [6, 6.07) is 2.32. The first-order chi connectivity index (χ1) is 12.8. The van der Waals surface area contributed by atoms with Gasteiger partial charge in [0.25, 0.3) is 0 Å². The largest absolute Gasteiger partial charge is 0.355 e. The summed E-state index contributed by atoms with van der Waals surface area (Å²) >= 11 is 0. The van der Waals surface area contributed by atoms with Crippen LogP contribution in [0, 0.1) is 0 Å². The lowest BCUT2D eigenvalue weighted by Gasteiger charge is -2.16. The van der Waals surface area contributed by atoms with Crippen LogP contribution in [-0.2, 0) is 11.2 Å². The van der Waals surface area contributed by atoms with E-state index in [1.165, 1.54) is 38.5 Å². The molecule has 1 amide bonds. The summed E-state index contributed by atoms with van der Waals surface area (Å²) in [5.74, 6) is 1.16. The second-order valence-electron chi connectivity index (χ2n) is 6.58. The quantitative estimate of drug-likeness (QED) is 0.522. The highest BCUT2D eigenvalue weighted by molar-refractivity contribution is 5.85. The van der Waals surface area contributed by atoms with Gasteiger partial charge in [-0.05, 0) is 18.9 Å². The number of nitrogens with zero attached hydrogens (tertiary/aromatic N) is 4. The highest BCUT2D eigenvalue weighted by atomic mass is 35.5. The van der Waals surface area contributed by atoms with Gasteiger partial charge in [-0.2, -0.15) is 4.98 Å². The van der Waals surface area contributed by atoms with Crippen LogP contribution in [0.2, 0.25) is 0 Å². The van der Waals surface area contributed by atoms with Gasteiger partial charge < -0.3 is 15.2 Å². The molecule has 3 rings (SSSR count). The molecule has 27 heavy (non-hydrogen) atoms. The van der Waals surface area contributed by atoms with Crippen molar-refractivity contribution in [2.75, 3.05) is 13.1 Å². The SMILES string of the molecule is Cl.O=C(CCc1nc(-c2ncccn2)no1)NCCNC1CCCCCC1. The van der Waals surface area contributed by atoms with Crippen LogP contribution in [0.15, 0.2) is 23.0 Å². The first-order valence-electron chi connectivity index (χ1n) is 9.41. The van der Waals surface area contributed by atoms with Crippen molar-refractivity contribution >= 4 is 18.3 Å². The molecule has 0 aliphatic heterocycles. The second-order valence-corrected chi connectivity index (χ2v) is 6.58. The van der Waals surface area contributed by atoms with Crippen molar-refractivity contribution in [1.82, 2.24) is 30.7 Å². The first-order valence-corrected chi connectivity index (χ1v) is 9.41. The van der Waals surface area contributed by atoms with Crippen LogP contribution in [-0.4, -0.2) is 45.1 Å². The van der Waals surface area contributed by atoms with Crippen molar-refractivity contribution < 1.29 is 9.32 Å². The van der Waals surface area contributed by atoms with Crippen LogP contribution in [0.25, 0.3) is 11.6 Å². The summed E-state index contributed by atoms with van der Waals surface area (Å²) in [6.07, 6.45) is 11.8. The van der Waals surface area contributed by atoms with E-state index in [4.69, 9.17) is 4.52 Å². The van der Waals surface area contributed by atoms with Gasteiger partial charge in [-0.3, -0.25) is 4.79 Å². The van der Waals surface area contributed by atoms with Gasteiger partial charge in [0.1, 0.15) is 0 Å². The third-order valence-corrected chi connectivity index (χ3v) is 4.54. The number of carbonyl (C=O) groups is 1. The predicted molar refractivity (Wildman–Crippen MR) is 103 cm³/mol. The van der Waals surface area contributed by atoms with Gasteiger partial charge in [0, 0.05) is 44.4 Å². The van der Waals surface area contributed by atoms with Gasteiger partial charge in [-0.1, -0.05) is 30.8 Å². The third-order valence-electron chi connectivity index (χ3n) is 4.54. The lowest BCUT2D eigenvalue weighted by atomic mass is 10.1. The molecule has 1 fully saturated rings. The van der Waals surface area contributed by atoms with Gasteiger partial charge in [0.2, 0.25) is 23.4 Å². The van der Waals surface area contributed by atoms with Crippen molar-refractivity contribution in [3.63, 3.8) is 0 Å². The van der Waals surface area contributed by atoms with Crippen molar-refractivity contribution in [3.05, 3.63) is 24.4 Å². The number of aryl methyl sites for hydroxylation is 1. The molecule has 0 bridgehead atoms. The summed E-state index contributed by atoms with van der Waals surface area (Å²) in [6.45, 7) is 1.45. The van der Waals surface area contributed by atoms with Crippen LogP contribution in [0.3, 0.4) is 0 Å². The minimum absolute atomic E-state index is 0. The first kappa shape index (κ1) is 21.2. The monoisotopic (exact) mass is 394 g/mol. The van der Waals surface area contributed by atoms with Crippen molar-refractivity contribution in [2.45, 2.75) is 57.4 Å². The highest BCUT2D eigenvalue weighted by Gasteiger charge is 2.13. The summed E-state index contributed by atoms with van der Waals surface area (Å²) < 4.78 is 5.15. The minimum Gasteiger partial charge on any atom is -0.355 e. The zero-order chi connectivity index (χ0) is 18.0. The van der Waals surface area contributed by atoms with Gasteiger partial charge in [-0.15, -0.1) is 12.4 Å². The molecule has 0 saturated heterocycles. The molecule has 1 aliphatic rings. The molecule has 0 unspecified atom stereocenters. The Bertz CT molecular complexity index is 674. The number of halogens is 1. The Hall–Kier alpha value is -2.06. The molecule has 0 radical (unpaired) electrons. The molecule has 0 aromatic carbocycles. The fourth-order valence-electron chi connectivity index (χ4n) is 3.13. The van der Waals surface area contributed by atoms with Gasteiger partial charge in [-0.25, -0.2) is 9.97 Å². The van der Waals surface area contributed by atoms with Crippen molar-refractivity contribution in [3.8, 4) is 11.6 Å². The maximum atomic E-state index is 11.9. The third kappa shape index (κ3) is 7.22. The molecular formula is C18H27ClN6O2. The van der Waals surface area contributed by atoms with E-state index in [1.54, 1.807) is 18.5 Å². The normalized spacial score (nSPS) is 15.0. The van der Waals surface area contributed by atoms with Crippen molar-refractivity contribution in [2.24, 2.45) is 0 Å². The lowest BCUT2D eigenvalue weighted by Crippen LogP contribution is -2.36.